The molecule has 0 bridgehead atoms. The lowest BCUT2D eigenvalue weighted by Crippen LogP contribution is -2.50. The summed E-state index contributed by atoms with van der Waals surface area (Å²) in [6.07, 6.45) is 3.71. The zero-order chi connectivity index (χ0) is 17.2. The molecule has 0 spiro atoms. The van der Waals surface area contributed by atoms with E-state index in [9.17, 15) is 9.59 Å². The summed E-state index contributed by atoms with van der Waals surface area (Å²) in [7, 11) is 1.57. The molecular formula is C15H24N6O3. The number of ether oxygens (including phenoxy) is 1. The summed E-state index contributed by atoms with van der Waals surface area (Å²) < 4.78 is 4.84. The monoisotopic (exact) mass is 336 g/mol. The first-order chi connectivity index (χ1) is 11.7. The van der Waals surface area contributed by atoms with E-state index in [4.69, 9.17) is 4.74 Å². The van der Waals surface area contributed by atoms with Gasteiger partial charge in [-0.3, -0.25) is 4.79 Å². The summed E-state index contributed by atoms with van der Waals surface area (Å²) in [4.78, 5) is 35.9. The van der Waals surface area contributed by atoms with Gasteiger partial charge in [-0.1, -0.05) is 0 Å². The molecule has 132 valence electrons. The molecule has 3 amide bonds. The first kappa shape index (κ1) is 17.9. The van der Waals surface area contributed by atoms with Gasteiger partial charge in [0.2, 0.25) is 11.9 Å². The van der Waals surface area contributed by atoms with E-state index in [1.165, 1.54) is 0 Å². The van der Waals surface area contributed by atoms with Gasteiger partial charge in [0, 0.05) is 65.2 Å². The SMILES string of the molecule is COCCNC(=O)NCCC(=O)N1CCN(c2ncccn2)CC1. The second kappa shape index (κ2) is 9.66. The number of hydrogen-bond donors (Lipinski definition) is 2. The molecule has 24 heavy (non-hydrogen) atoms. The number of anilines is 1. The fraction of sp³-hybridized carbons (Fsp3) is 0.600. The highest BCUT2D eigenvalue weighted by Gasteiger charge is 2.22. The highest BCUT2D eigenvalue weighted by molar-refractivity contribution is 5.78. The van der Waals surface area contributed by atoms with E-state index in [0.717, 1.165) is 0 Å². The Morgan fingerprint density at radius 1 is 1.12 bits per heavy atom. The summed E-state index contributed by atoms with van der Waals surface area (Å²) >= 11 is 0. The number of urea groups is 1. The Morgan fingerprint density at radius 3 is 2.46 bits per heavy atom. The number of rotatable bonds is 7. The number of piperazine rings is 1. The second-order valence-electron chi connectivity index (χ2n) is 5.34. The van der Waals surface area contributed by atoms with E-state index in [-0.39, 0.29) is 11.9 Å². The summed E-state index contributed by atoms with van der Waals surface area (Å²) in [5.41, 5.74) is 0. The minimum absolute atomic E-state index is 0.0424. The number of methoxy groups -OCH3 is 1. The number of amides is 3. The van der Waals surface area contributed by atoms with Gasteiger partial charge < -0.3 is 25.2 Å². The maximum absolute atomic E-state index is 12.2. The number of hydrogen-bond acceptors (Lipinski definition) is 6. The Balaban J connectivity index is 1.63. The van der Waals surface area contributed by atoms with Crippen molar-refractivity contribution in [1.82, 2.24) is 25.5 Å². The molecule has 2 heterocycles. The highest BCUT2D eigenvalue weighted by atomic mass is 16.5. The van der Waals surface area contributed by atoms with E-state index < -0.39 is 0 Å². The van der Waals surface area contributed by atoms with E-state index in [1.54, 1.807) is 25.6 Å². The third kappa shape index (κ3) is 5.65. The van der Waals surface area contributed by atoms with Crippen LogP contribution in [0.1, 0.15) is 6.42 Å². The topological polar surface area (TPSA) is 99.7 Å². The highest BCUT2D eigenvalue weighted by Crippen LogP contribution is 2.10. The average molecular weight is 336 g/mol. The van der Waals surface area contributed by atoms with Crippen LogP contribution >= 0.6 is 0 Å². The first-order valence-electron chi connectivity index (χ1n) is 8.01. The van der Waals surface area contributed by atoms with E-state index in [0.29, 0.717) is 58.2 Å². The van der Waals surface area contributed by atoms with Crippen LogP contribution in [0.5, 0.6) is 0 Å². The predicted octanol–water partition coefficient (Wildman–Crippen LogP) is -0.539. The van der Waals surface area contributed by atoms with Gasteiger partial charge in [0.15, 0.2) is 0 Å². The zero-order valence-corrected chi connectivity index (χ0v) is 13.9. The van der Waals surface area contributed by atoms with Crippen LogP contribution in [-0.2, 0) is 9.53 Å². The van der Waals surface area contributed by atoms with Gasteiger partial charge in [-0.2, -0.15) is 0 Å². The van der Waals surface area contributed by atoms with Crippen LogP contribution in [-0.4, -0.2) is 79.8 Å². The molecule has 1 aliphatic heterocycles. The Bertz CT molecular complexity index is 519. The van der Waals surface area contributed by atoms with Crippen molar-refractivity contribution in [2.24, 2.45) is 0 Å². The molecule has 1 aromatic rings. The summed E-state index contributed by atoms with van der Waals surface area (Å²) in [5, 5.41) is 5.30. The zero-order valence-electron chi connectivity index (χ0n) is 13.9. The fourth-order valence-electron chi connectivity index (χ4n) is 2.38. The molecule has 1 fully saturated rings. The minimum Gasteiger partial charge on any atom is -0.383 e. The van der Waals surface area contributed by atoms with Crippen LogP contribution < -0.4 is 15.5 Å². The molecule has 2 N–H and O–H groups in total. The predicted molar refractivity (Wildman–Crippen MR) is 88.7 cm³/mol. The molecule has 9 heteroatoms. The third-order valence-corrected chi connectivity index (χ3v) is 3.68. The van der Waals surface area contributed by atoms with Crippen molar-refractivity contribution in [1.29, 1.82) is 0 Å². The molecule has 1 saturated heterocycles. The van der Waals surface area contributed by atoms with Crippen molar-refractivity contribution in [2.75, 3.05) is 57.9 Å². The van der Waals surface area contributed by atoms with Gasteiger partial charge in [0.05, 0.1) is 6.61 Å². The lowest BCUT2D eigenvalue weighted by molar-refractivity contribution is -0.131. The van der Waals surface area contributed by atoms with Crippen molar-refractivity contribution >= 4 is 17.9 Å². The van der Waals surface area contributed by atoms with Crippen molar-refractivity contribution in [3.8, 4) is 0 Å². The first-order valence-corrected chi connectivity index (χ1v) is 8.01. The molecule has 1 aromatic heterocycles. The van der Waals surface area contributed by atoms with E-state index in [2.05, 4.69) is 25.5 Å². The molecule has 0 radical (unpaired) electrons. The van der Waals surface area contributed by atoms with E-state index >= 15 is 0 Å². The van der Waals surface area contributed by atoms with Crippen LogP contribution in [0.3, 0.4) is 0 Å². The molecule has 0 aromatic carbocycles. The van der Waals surface area contributed by atoms with Gasteiger partial charge in [-0.15, -0.1) is 0 Å². The lowest BCUT2D eigenvalue weighted by atomic mass is 10.3. The lowest BCUT2D eigenvalue weighted by Gasteiger charge is -2.34. The van der Waals surface area contributed by atoms with Gasteiger partial charge >= 0.3 is 6.03 Å². The van der Waals surface area contributed by atoms with Crippen LogP contribution in [0, 0.1) is 0 Å². The van der Waals surface area contributed by atoms with Crippen LogP contribution in [0.4, 0.5) is 10.7 Å². The molecule has 0 atom stereocenters. The molecular weight excluding hydrogens is 312 g/mol. The summed E-state index contributed by atoms with van der Waals surface area (Å²) in [6.45, 7) is 3.91. The van der Waals surface area contributed by atoms with E-state index in [1.807, 2.05) is 4.90 Å². The number of carbonyl (C=O) groups is 2. The minimum atomic E-state index is -0.286. The molecule has 0 saturated carbocycles. The van der Waals surface area contributed by atoms with Gasteiger partial charge in [-0.25, -0.2) is 14.8 Å². The Morgan fingerprint density at radius 2 is 1.79 bits per heavy atom. The molecule has 0 unspecified atom stereocenters. The van der Waals surface area contributed by atoms with Gasteiger partial charge in [0.25, 0.3) is 0 Å². The molecule has 0 aliphatic carbocycles. The van der Waals surface area contributed by atoms with Crippen LogP contribution in [0.2, 0.25) is 0 Å². The second-order valence-corrected chi connectivity index (χ2v) is 5.34. The summed E-state index contributed by atoms with van der Waals surface area (Å²) in [5.74, 6) is 0.736. The number of aromatic nitrogens is 2. The van der Waals surface area contributed by atoms with Crippen molar-refractivity contribution in [3.63, 3.8) is 0 Å². The number of nitrogens with zero attached hydrogens (tertiary/aromatic N) is 4. The Labute approximate surface area is 141 Å². The Hall–Kier alpha value is -2.42. The van der Waals surface area contributed by atoms with Crippen molar-refractivity contribution in [3.05, 3.63) is 18.5 Å². The normalized spacial score (nSPS) is 14.4. The molecule has 1 aliphatic rings. The smallest absolute Gasteiger partial charge is 0.314 e. The van der Waals surface area contributed by atoms with Crippen LogP contribution in [0.15, 0.2) is 18.5 Å². The maximum atomic E-state index is 12.2. The molecule has 9 nitrogen and oxygen atoms in total. The maximum Gasteiger partial charge on any atom is 0.314 e. The fourth-order valence-corrected chi connectivity index (χ4v) is 2.38. The van der Waals surface area contributed by atoms with Crippen molar-refractivity contribution < 1.29 is 14.3 Å². The summed E-state index contributed by atoms with van der Waals surface area (Å²) in [6, 6.07) is 1.49. The van der Waals surface area contributed by atoms with Crippen molar-refractivity contribution in [2.45, 2.75) is 6.42 Å². The third-order valence-electron chi connectivity index (χ3n) is 3.68. The number of carbonyl (C=O) groups excluding carboxylic acids is 2. The van der Waals surface area contributed by atoms with Gasteiger partial charge in [-0.05, 0) is 6.07 Å². The van der Waals surface area contributed by atoms with Crippen LogP contribution in [0.25, 0.3) is 0 Å². The Kier molecular flexibility index (Phi) is 7.21. The largest absolute Gasteiger partial charge is 0.383 e. The molecule has 2 rings (SSSR count). The quantitative estimate of drug-likeness (QED) is 0.649. The standard InChI is InChI=1S/C15H24N6O3/c1-24-12-7-19-15(23)18-6-3-13(22)20-8-10-21(11-9-20)14-16-4-2-5-17-14/h2,4-5H,3,6-12H2,1H3,(H2,18,19,23). The van der Waals surface area contributed by atoms with Gasteiger partial charge in [0.1, 0.15) is 0 Å². The number of nitrogens with one attached hydrogen (secondary N) is 2. The average Bonchev–Trinajstić information content (AvgIpc) is 2.63.